The number of carbonyl (C=O) groups excluding carboxylic acids is 1. The van der Waals surface area contributed by atoms with Gasteiger partial charge in [0.25, 0.3) is 0 Å². The van der Waals surface area contributed by atoms with E-state index < -0.39 is 0 Å². The monoisotopic (exact) mass is 307 g/mol. The van der Waals surface area contributed by atoms with Crippen molar-refractivity contribution < 1.29 is 4.79 Å². The summed E-state index contributed by atoms with van der Waals surface area (Å²) < 4.78 is 1.92. The van der Waals surface area contributed by atoms with E-state index >= 15 is 0 Å². The van der Waals surface area contributed by atoms with E-state index in [9.17, 15) is 4.79 Å². The molecule has 1 saturated heterocycles. The molecular weight excluding hydrogens is 278 g/mol. The van der Waals surface area contributed by atoms with Gasteiger partial charge in [-0.2, -0.15) is 5.10 Å². The first kappa shape index (κ1) is 17.0. The Labute approximate surface area is 133 Å². The van der Waals surface area contributed by atoms with Crippen LogP contribution >= 0.6 is 0 Å². The lowest BCUT2D eigenvalue weighted by atomic mass is 10.2. The van der Waals surface area contributed by atoms with E-state index in [2.05, 4.69) is 29.2 Å². The maximum Gasteiger partial charge on any atom is 0.239 e. The highest BCUT2D eigenvalue weighted by atomic mass is 16.2. The molecule has 2 heterocycles. The molecular formula is C16H29N5O. The number of rotatable bonds is 6. The number of nitrogens with one attached hydrogen (secondary N) is 1. The molecule has 0 bridgehead atoms. The SMILES string of the molecule is CCN1CCN(C(=O)[C@@H](C)N[C@@H](C)Cn2cc(C)cn2)CC1. The van der Waals surface area contributed by atoms with Crippen LogP contribution in [0.15, 0.2) is 12.4 Å². The van der Waals surface area contributed by atoms with E-state index in [0.29, 0.717) is 0 Å². The number of carbonyl (C=O) groups is 1. The van der Waals surface area contributed by atoms with Crippen LogP contribution in [0, 0.1) is 6.92 Å². The summed E-state index contributed by atoms with van der Waals surface area (Å²) in [6.45, 7) is 13.7. The lowest BCUT2D eigenvalue weighted by molar-refractivity contribution is -0.135. The predicted octanol–water partition coefficient (Wildman–Crippen LogP) is 0.722. The molecule has 1 N–H and O–H groups in total. The number of likely N-dealkylation sites (N-methyl/N-ethyl adjacent to an activating group) is 1. The molecule has 0 unspecified atom stereocenters. The number of amides is 1. The van der Waals surface area contributed by atoms with E-state index in [0.717, 1.165) is 44.8 Å². The van der Waals surface area contributed by atoms with Gasteiger partial charge in [-0.1, -0.05) is 6.92 Å². The summed E-state index contributed by atoms with van der Waals surface area (Å²) in [5.41, 5.74) is 1.16. The molecule has 1 aromatic heterocycles. The normalized spacial score (nSPS) is 19.2. The van der Waals surface area contributed by atoms with Crippen LogP contribution < -0.4 is 5.32 Å². The molecule has 0 aliphatic carbocycles. The summed E-state index contributed by atoms with van der Waals surface area (Å²) in [6, 6.07) is 0.0509. The highest BCUT2D eigenvalue weighted by Gasteiger charge is 2.25. The van der Waals surface area contributed by atoms with Crippen LogP contribution in [-0.2, 0) is 11.3 Å². The zero-order chi connectivity index (χ0) is 16.1. The standard InChI is InChI=1S/C16H29N5O/c1-5-19-6-8-20(9-7-19)16(22)15(4)18-14(3)12-21-11-13(2)10-17-21/h10-11,14-15,18H,5-9,12H2,1-4H3/t14-,15+/m0/s1. The van der Waals surface area contributed by atoms with Gasteiger partial charge < -0.3 is 15.1 Å². The topological polar surface area (TPSA) is 53.4 Å². The van der Waals surface area contributed by atoms with Crippen molar-refractivity contribution in [1.82, 2.24) is 24.9 Å². The summed E-state index contributed by atoms with van der Waals surface area (Å²) in [6.07, 6.45) is 3.88. The molecule has 1 aromatic rings. The zero-order valence-corrected chi connectivity index (χ0v) is 14.2. The van der Waals surface area contributed by atoms with Crippen LogP contribution in [0.3, 0.4) is 0 Å². The molecule has 0 aromatic carbocycles. The van der Waals surface area contributed by atoms with Crippen LogP contribution in [0.25, 0.3) is 0 Å². The molecule has 1 aliphatic rings. The number of hydrogen-bond donors (Lipinski definition) is 1. The van der Waals surface area contributed by atoms with E-state index in [1.54, 1.807) is 0 Å². The third-order valence-corrected chi connectivity index (χ3v) is 4.26. The van der Waals surface area contributed by atoms with Crippen LogP contribution in [0.4, 0.5) is 0 Å². The second-order valence-electron chi connectivity index (χ2n) is 6.29. The minimum atomic E-state index is -0.153. The van der Waals surface area contributed by atoms with Crippen molar-refractivity contribution in [3.63, 3.8) is 0 Å². The Hall–Kier alpha value is -1.40. The number of piperazine rings is 1. The van der Waals surface area contributed by atoms with Gasteiger partial charge in [0.15, 0.2) is 0 Å². The molecule has 6 nitrogen and oxygen atoms in total. The van der Waals surface area contributed by atoms with E-state index in [-0.39, 0.29) is 18.0 Å². The first-order chi connectivity index (χ1) is 10.5. The highest BCUT2D eigenvalue weighted by molar-refractivity contribution is 5.81. The first-order valence-corrected chi connectivity index (χ1v) is 8.25. The van der Waals surface area contributed by atoms with Gasteiger partial charge in [-0.05, 0) is 32.9 Å². The Morgan fingerprint density at radius 2 is 2.00 bits per heavy atom. The molecule has 2 rings (SSSR count). The Morgan fingerprint density at radius 1 is 1.32 bits per heavy atom. The minimum Gasteiger partial charge on any atom is -0.339 e. The van der Waals surface area contributed by atoms with Crippen molar-refractivity contribution >= 4 is 5.91 Å². The van der Waals surface area contributed by atoms with Crippen LogP contribution in [0.1, 0.15) is 26.3 Å². The molecule has 0 spiro atoms. The third-order valence-electron chi connectivity index (χ3n) is 4.26. The largest absolute Gasteiger partial charge is 0.339 e. The van der Waals surface area contributed by atoms with Gasteiger partial charge in [-0.15, -0.1) is 0 Å². The number of hydrogen-bond acceptors (Lipinski definition) is 4. The summed E-state index contributed by atoms with van der Waals surface area (Å²) in [4.78, 5) is 16.9. The van der Waals surface area contributed by atoms with Crippen molar-refractivity contribution in [3.05, 3.63) is 18.0 Å². The molecule has 1 aliphatic heterocycles. The van der Waals surface area contributed by atoms with Crippen LogP contribution in [0.5, 0.6) is 0 Å². The predicted molar refractivity (Wildman–Crippen MR) is 87.7 cm³/mol. The van der Waals surface area contributed by atoms with Gasteiger partial charge in [0.05, 0.1) is 18.8 Å². The van der Waals surface area contributed by atoms with E-state index in [1.807, 2.05) is 35.8 Å². The number of aromatic nitrogens is 2. The van der Waals surface area contributed by atoms with Crippen molar-refractivity contribution in [3.8, 4) is 0 Å². The van der Waals surface area contributed by atoms with E-state index in [4.69, 9.17) is 0 Å². The van der Waals surface area contributed by atoms with Gasteiger partial charge in [0.2, 0.25) is 5.91 Å². The number of nitrogens with zero attached hydrogens (tertiary/aromatic N) is 4. The first-order valence-electron chi connectivity index (χ1n) is 8.25. The summed E-state index contributed by atoms with van der Waals surface area (Å²) in [5.74, 6) is 0.208. The summed E-state index contributed by atoms with van der Waals surface area (Å²) >= 11 is 0. The molecule has 124 valence electrons. The van der Waals surface area contributed by atoms with Gasteiger partial charge in [-0.25, -0.2) is 0 Å². The minimum absolute atomic E-state index is 0.153. The second-order valence-corrected chi connectivity index (χ2v) is 6.29. The Morgan fingerprint density at radius 3 is 2.55 bits per heavy atom. The fourth-order valence-corrected chi connectivity index (χ4v) is 2.96. The average Bonchev–Trinajstić information content (AvgIpc) is 2.91. The Kier molecular flexibility index (Phi) is 5.97. The fraction of sp³-hybridized carbons (Fsp3) is 0.750. The van der Waals surface area contributed by atoms with Crippen LogP contribution in [0.2, 0.25) is 0 Å². The maximum atomic E-state index is 12.5. The van der Waals surface area contributed by atoms with Crippen LogP contribution in [-0.4, -0.2) is 70.3 Å². The second kappa shape index (κ2) is 7.74. The molecule has 1 amide bonds. The van der Waals surface area contributed by atoms with Crippen molar-refractivity contribution in [2.45, 2.75) is 46.3 Å². The quantitative estimate of drug-likeness (QED) is 0.841. The summed E-state index contributed by atoms with van der Waals surface area (Å²) in [5, 5.41) is 7.69. The van der Waals surface area contributed by atoms with Gasteiger partial charge in [0, 0.05) is 38.4 Å². The molecule has 0 radical (unpaired) electrons. The third kappa shape index (κ3) is 4.55. The molecule has 1 fully saturated rings. The van der Waals surface area contributed by atoms with Gasteiger partial charge in [-0.3, -0.25) is 9.48 Å². The zero-order valence-electron chi connectivity index (χ0n) is 14.2. The van der Waals surface area contributed by atoms with Gasteiger partial charge in [0.1, 0.15) is 0 Å². The molecule has 6 heteroatoms. The molecule has 2 atom stereocenters. The number of aryl methyl sites for hydroxylation is 1. The highest BCUT2D eigenvalue weighted by Crippen LogP contribution is 2.05. The fourth-order valence-electron chi connectivity index (χ4n) is 2.96. The van der Waals surface area contributed by atoms with Gasteiger partial charge >= 0.3 is 0 Å². The van der Waals surface area contributed by atoms with Crippen molar-refractivity contribution in [1.29, 1.82) is 0 Å². The van der Waals surface area contributed by atoms with E-state index in [1.165, 1.54) is 0 Å². The lowest BCUT2D eigenvalue weighted by Crippen LogP contribution is -2.54. The lowest BCUT2D eigenvalue weighted by Gasteiger charge is -2.36. The average molecular weight is 307 g/mol. The Balaban J connectivity index is 1.78. The maximum absolute atomic E-state index is 12.5. The molecule has 22 heavy (non-hydrogen) atoms. The smallest absolute Gasteiger partial charge is 0.239 e. The van der Waals surface area contributed by atoms with Crippen molar-refractivity contribution in [2.75, 3.05) is 32.7 Å². The summed E-state index contributed by atoms with van der Waals surface area (Å²) in [7, 11) is 0. The molecule has 0 saturated carbocycles. The Bertz CT molecular complexity index is 479. The van der Waals surface area contributed by atoms with Crippen molar-refractivity contribution in [2.24, 2.45) is 0 Å².